The predicted octanol–water partition coefficient (Wildman–Crippen LogP) is 4.58. The van der Waals surface area contributed by atoms with Crippen molar-refractivity contribution in [3.63, 3.8) is 0 Å². The second-order valence-electron chi connectivity index (χ2n) is 7.89. The molecule has 7 heteroatoms. The normalized spacial score (nSPS) is 17.6. The van der Waals surface area contributed by atoms with E-state index in [1.807, 2.05) is 25.4 Å². The van der Waals surface area contributed by atoms with Crippen LogP contribution in [0.5, 0.6) is 0 Å². The molecule has 1 atom stereocenters. The molecule has 2 aromatic heterocycles. The Kier molecular flexibility index (Phi) is 4.97. The number of likely N-dealkylation sites (tertiary alicyclic amines) is 1. The largest absolute Gasteiger partial charge is 0.420 e. The first-order valence-corrected chi connectivity index (χ1v) is 10.6. The van der Waals surface area contributed by atoms with Gasteiger partial charge in [0.2, 0.25) is 0 Å². The van der Waals surface area contributed by atoms with Crippen molar-refractivity contribution in [2.45, 2.75) is 32.4 Å². The Balaban J connectivity index is 1.34. The maximum absolute atomic E-state index is 12.5. The van der Waals surface area contributed by atoms with Crippen LogP contribution in [0.1, 0.15) is 30.3 Å². The molecule has 0 saturated carbocycles. The van der Waals surface area contributed by atoms with Crippen molar-refractivity contribution < 1.29 is 4.42 Å². The van der Waals surface area contributed by atoms with Gasteiger partial charge >= 0.3 is 5.76 Å². The minimum absolute atomic E-state index is 0.0823. The third-order valence-corrected chi connectivity index (χ3v) is 6.10. The monoisotopic (exact) mass is 422 g/mol. The summed E-state index contributed by atoms with van der Waals surface area (Å²) in [7, 11) is 0. The van der Waals surface area contributed by atoms with Gasteiger partial charge in [0.1, 0.15) is 5.82 Å². The number of fused-ring (bicyclic) bond motifs is 1. The number of aryl methyl sites for hydroxylation is 1. The van der Waals surface area contributed by atoms with Crippen LogP contribution < -0.4 is 5.76 Å². The molecule has 1 aliphatic heterocycles. The second-order valence-corrected chi connectivity index (χ2v) is 8.33. The van der Waals surface area contributed by atoms with Crippen LogP contribution in [0, 0.1) is 6.92 Å². The van der Waals surface area contributed by atoms with E-state index in [9.17, 15) is 4.79 Å². The third kappa shape index (κ3) is 3.57. The Morgan fingerprint density at radius 2 is 2.03 bits per heavy atom. The zero-order chi connectivity index (χ0) is 20.7. The van der Waals surface area contributed by atoms with Gasteiger partial charge < -0.3 is 8.98 Å². The Hall–Kier alpha value is -2.83. The molecule has 0 aliphatic carbocycles. The predicted molar refractivity (Wildman–Crippen MR) is 117 cm³/mol. The Labute approximate surface area is 179 Å². The second kappa shape index (κ2) is 7.78. The van der Waals surface area contributed by atoms with Gasteiger partial charge in [-0.3, -0.25) is 9.47 Å². The first-order valence-electron chi connectivity index (χ1n) is 10.2. The van der Waals surface area contributed by atoms with Gasteiger partial charge in [0.25, 0.3) is 0 Å². The highest BCUT2D eigenvalue weighted by atomic mass is 35.5. The molecule has 5 rings (SSSR count). The number of hydrogen-bond donors (Lipinski definition) is 0. The van der Waals surface area contributed by atoms with Crippen LogP contribution in [0.25, 0.3) is 16.8 Å². The van der Waals surface area contributed by atoms with Crippen LogP contribution in [-0.2, 0) is 6.54 Å². The number of piperidine rings is 1. The Morgan fingerprint density at radius 3 is 2.80 bits per heavy atom. The zero-order valence-electron chi connectivity index (χ0n) is 16.8. The molecule has 3 heterocycles. The van der Waals surface area contributed by atoms with Crippen molar-refractivity contribution in [3.8, 4) is 5.69 Å². The molecule has 6 nitrogen and oxygen atoms in total. The maximum atomic E-state index is 12.5. The number of nitrogens with zero attached hydrogens (tertiary/aromatic N) is 4. The zero-order valence-corrected chi connectivity index (χ0v) is 17.5. The summed E-state index contributed by atoms with van der Waals surface area (Å²) in [6.45, 7) is 4.68. The fourth-order valence-corrected chi connectivity index (χ4v) is 4.58. The van der Waals surface area contributed by atoms with Gasteiger partial charge in [-0.25, -0.2) is 9.78 Å². The van der Waals surface area contributed by atoms with Crippen LogP contribution in [0.4, 0.5) is 0 Å². The summed E-state index contributed by atoms with van der Waals surface area (Å²) >= 11 is 6.16. The lowest BCUT2D eigenvalue weighted by Crippen LogP contribution is -2.38. The highest BCUT2D eigenvalue weighted by Crippen LogP contribution is 2.27. The summed E-state index contributed by atoms with van der Waals surface area (Å²) in [6.07, 6.45) is 5.78. The van der Waals surface area contributed by atoms with E-state index in [1.54, 1.807) is 16.7 Å². The molecule has 0 amide bonds. The van der Waals surface area contributed by atoms with Gasteiger partial charge in [0, 0.05) is 36.2 Å². The van der Waals surface area contributed by atoms with Crippen molar-refractivity contribution in [2.24, 2.45) is 0 Å². The standard InChI is InChI=1S/C23H23ClN4O2/c1-16-25-10-12-27(16)19-7-4-17(5-8-19)14-26-11-2-3-20(15-26)28-21-13-18(24)6-9-22(21)30-23(28)29/h4-10,12-13,20H,2-3,11,14-15H2,1H3. The molecule has 2 aromatic carbocycles. The van der Waals surface area contributed by atoms with Gasteiger partial charge in [0.15, 0.2) is 5.58 Å². The van der Waals surface area contributed by atoms with E-state index in [0.29, 0.717) is 10.6 Å². The van der Waals surface area contributed by atoms with Gasteiger partial charge in [-0.15, -0.1) is 0 Å². The first kappa shape index (κ1) is 19.2. The van der Waals surface area contributed by atoms with E-state index < -0.39 is 0 Å². The lowest BCUT2D eigenvalue weighted by molar-refractivity contribution is 0.168. The summed E-state index contributed by atoms with van der Waals surface area (Å²) in [5, 5.41) is 0.609. The smallest absolute Gasteiger partial charge is 0.408 e. The van der Waals surface area contributed by atoms with Crippen LogP contribution in [-0.4, -0.2) is 32.1 Å². The minimum Gasteiger partial charge on any atom is -0.408 e. The molecule has 4 aromatic rings. The Bertz CT molecular complexity index is 1240. The van der Waals surface area contributed by atoms with E-state index in [4.69, 9.17) is 16.0 Å². The molecule has 1 aliphatic rings. The summed E-state index contributed by atoms with van der Waals surface area (Å²) in [5.41, 5.74) is 3.73. The molecular formula is C23H23ClN4O2. The molecule has 1 saturated heterocycles. The fourth-order valence-electron chi connectivity index (χ4n) is 4.41. The SMILES string of the molecule is Cc1nccn1-c1ccc(CN2CCCC(n3c(=O)oc4ccc(Cl)cc43)C2)cc1. The van der Waals surface area contributed by atoms with E-state index in [2.05, 4.69) is 38.7 Å². The Morgan fingerprint density at radius 1 is 1.20 bits per heavy atom. The number of aromatic nitrogens is 3. The summed E-state index contributed by atoms with van der Waals surface area (Å²) in [6, 6.07) is 14.0. The number of hydrogen-bond acceptors (Lipinski definition) is 4. The summed E-state index contributed by atoms with van der Waals surface area (Å²) in [5.74, 6) is 0.665. The van der Waals surface area contributed by atoms with Crippen LogP contribution in [0.2, 0.25) is 5.02 Å². The van der Waals surface area contributed by atoms with Crippen molar-refractivity contribution >= 4 is 22.7 Å². The van der Waals surface area contributed by atoms with Crippen LogP contribution in [0.3, 0.4) is 0 Å². The molecule has 0 radical (unpaired) electrons. The number of benzene rings is 2. The van der Waals surface area contributed by atoms with E-state index in [1.165, 1.54) is 5.56 Å². The highest BCUT2D eigenvalue weighted by Gasteiger charge is 2.25. The van der Waals surface area contributed by atoms with Crippen molar-refractivity contribution in [2.75, 3.05) is 13.1 Å². The average Bonchev–Trinajstić information content (AvgIpc) is 3.31. The summed E-state index contributed by atoms with van der Waals surface area (Å²) < 4.78 is 9.29. The van der Waals surface area contributed by atoms with Gasteiger partial charge in [-0.05, 0) is 62.2 Å². The lowest BCUT2D eigenvalue weighted by Gasteiger charge is -2.33. The molecule has 1 unspecified atom stereocenters. The minimum atomic E-state index is -0.306. The van der Waals surface area contributed by atoms with Gasteiger partial charge in [0.05, 0.1) is 11.6 Å². The molecule has 1 fully saturated rings. The van der Waals surface area contributed by atoms with Crippen molar-refractivity contribution in [1.29, 1.82) is 0 Å². The number of rotatable bonds is 4. The topological polar surface area (TPSA) is 56.2 Å². The first-order chi connectivity index (χ1) is 14.6. The van der Waals surface area contributed by atoms with Crippen molar-refractivity contribution in [1.82, 2.24) is 19.0 Å². The lowest BCUT2D eigenvalue weighted by atomic mass is 10.0. The number of imidazole rings is 1. The van der Waals surface area contributed by atoms with Crippen LogP contribution in [0.15, 0.2) is 64.1 Å². The molecule has 30 heavy (non-hydrogen) atoms. The molecule has 154 valence electrons. The van der Waals surface area contributed by atoms with E-state index >= 15 is 0 Å². The quantitative estimate of drug-likeness (QED) is 0.483. The summed E-state index contributed by atoms with van der Waals surface area (Å²) in [4.78, 5) is 19.2. The van der Waals surface area contributed by atoms with Crippen molar-refractivity contribution in [3.05, 3.63) is 81.8 Å². The van der Waals surface area contributed by atoms with Gasteiger partial charge in [-0.2, -0.15) is 0 Å². The molecular weight excluding hydrogens is 400 g/mol. The molecule has 0 N–H and O–H groups in total. The number of halogens is 1. The average molecular weight is 423 g/mol. The van der Waals surface area contributed by atoms with E-state index in [0.717, 1.165) is 49.5 Å². The van der Waals surface area contributed by atoms with Gasteiger partial charge in [-0.1, -0.05) is 23.7 Å². The molecule has 0 spiro atoms. The number of oxazole rings is 1. The molecule has 0 bridgehead atoms. The van der Waals surface area contributed by atoms with E-state index in [-0.39, 0.29) is 11.8 Å². The maximum Gasteiger partial charge on any atom is 0.420 e. The third-order valence-electron chi connectivity index (χ3n) is 5.87. The highest BCUT2D eigenvalue weighted by molar-refractivity contribution is 6.31. The van der Waals surface area contributed by atoms with Crippen LogP contribution >= 0.6 is 11.6 Å². The fraction of sp³-hybridized carbons (Fsp3) is 0.304.